The molecule has 0 aromatic carbocycles. The molecular formula is C10H23NO3. The first kappa shape index (κ1) is 13.8. The molecule has 0 bridgehead atoms. The Labute approximate surface area is 86.2 Å². The Morgan fingerprint density at radius 3 is 1.57 bits per heavy atom. The summed E-state index contributed by atoms with van der Waals surface area (Å²) in [5.74, 6) is 0. The molecule has 0 aromatic rings. The molecule has 1 atom stereocenters. The van der Waals surface area contributed by atoms with Gasteiger partial charge in [-0.2, -0.15) is 0 Å². The van der Waals surface area contributed by atoms with Gasteiger partial charge in [0.25, 0.3) is 0 Å². The largest absolute Gasteiger partial charge is 0.396 e. The summed E-state index contributed by atoms with van der Waals surface area (Å²) in [6.07, 6.45) is 0. The van der Waals surface area contributed by atoms with Gasteiger partial charge in [-0.15, -0.1) is 0 Å². The minimum atomic E-state index is -0.800. The number of aliphatic hydroxyl groups excluding tert-OH is 3. The maximum atomic E-state index is 9.24. The average Bonchev–Trinajstić information content (AvgIpc) is 2.23. The minimum absolute atomic E-state index is 0.0301. The van der Waals surface area contributed by atoms with Crippen LogP contribution in [-0.2, 0) is 0 Å². The average molecular weight is 205 g/mol. The fourth-order valence-electron chi connectivity index (χ4n) is 1.70. The Balaban J connectivity index is 4.63. The van der Waals surface area contributed by atoms with Gasteiger partial charge in [-0.1, -0.05) is 13.8 Å². The van der Waals surface area contributed by atoms with Crippen LogP contribution >= 0.6 is 0 Å². The van der Waals surface area contributed by atoms with Crippen LogP contribution in [-0.4, -0.2) is 59.2 Å². The van der Waals surface area contributed by atoms with Crippen molar-refractivity contribution >= 4 is 0 Å². The summed E-state index contributed by atoms with van der Waals surface area (Å²) in [6.45, 7) is 7.08. The Bertz CT molecular complexity index is 136. The zero-order chi connectivity index (χ0) is 11.2. The summed E-state index contributed by atoms with van der Waals surface area (Å²) in [6, 6.07) is -0.0301. The van der Waals surface area contributed by atoms with Crippen molar-refractivity contribution in [1.29, 1.82) is 0 Å². The molecular weight excluding hydrogens is 182 g/mol. The Kier molecular flexibility index (Phi) is 6.27. The van der Waals surface area contributed by atoms with Gasteiger partial charge in [-0.05, 0) is 20.0 Å². The van der Waals surface area contributed by atoms with E-state index in [0.717, 1.165) is 13.1 Å². The highest BCUT2D eigenvalue weighted by molar-refractivity contribution is 4.88. The molecule has 0 aliphatic heterocycles. The zero-order valence-corrected chi connectivity index (χ0v) is 9.40. The normalized spacial score (nSPS) is 14.8. The second-order valence-electron chi connectivity index (χ2n) is 3.73. The highest BCUT2D eigenvalue weighted by Gasteiger charge is 2.37. The Morgan fingerprint density at radius 2 is 1.36 bits per heavy atom. The summed E-state index contributed by atoms with van der Waals surface area (Å²) >= 11 is 0. The maximum Gasteiger partial charge on any atom is 0.0549 e. The maximum absolute atomic E-state index is 9.24. The van der Waals surface area contributed by atoms with Crippen LogP contribution in [0.15, 0.2) is 0 Å². The molecule has 3 N–H and O–H groups in total. The number of aliphatic hydroxyl groups is 3. The van der Waals surface area contributed by atoms with Crippen molar-refractivity contribution in [1.82, 2.24) is 4.90 Å². The van der Waals surface area contributed by atoms with Crippen molar-refractivity contribution in [2.75, 3.05) is 32.9 Å². The quantitative estimate of drug-likeness (QED) is 0.533. The van der Waals surface area contributed by atoms with Crippen molar-refractivity contribution in [2.24, 2.45) is 5.41 Å². The fourth-order valence-corrected chi connectivity index (χ4v) is 1.70. The van der Waals surface area contributed by atoms with Gasteiger partial charge in [-0.25, -0.2) is 0 Å². The Morgan fingerprint density at radius 1 is 1.00 bits per heavy atom. The van der Waals surface area contributed by atoms with Crippen LogP contribution in [0.3, 0.4) is 0 Å². The van der Waals surface area contributed by atoms with E-state index >= 15 is 0 Å². The predicted molar refractivity (Wildman–Crippen MR) is 56.1 cm³/mol. The van der Waals surface area contributed by atoms with Crippen molar-refractivity contribution < 1.29 is 15.3 Å². The molecule has 86 valence electrons. The standard InChI is InChI=1S/C10H23NO3/c1-4-11(5-2)9(3)10(6-12,7-13)8-14/h9,12-14H,4-8H2,1-3H3. The molecule has 0 aromatic heterocycles. The van der Waals surface area contributed by atoms with Gasteiger partial charge >= 0.3 is 0 Å². The van der Waals surface area contributed by atoms with Gasteiger partial charge in [0.05, 0.1) is 25.2 Å². The number of hydrogen-bond donors (Lipinski definition) is 3. The van der Waals surface area contributed by atoms with E-state index in [2.05, 4.69) is 4.90 Å². The molecule has 0 aliphatic carbocycles. The number of rotatable bonds is 7. The molecule has 4 nitrogen and oxygen atoms in total. The summed E-state index contributed by atoms with van der Waals surface area (Å²) in [4.78, 5) is 2.11. The van der Waals surface area contributed by atoms with Crippen LogP contribution in [0.5, 0.6) is 0 Å². The number of hydrogen-bond acceptors (Lipinski definition) is 4. The van der Waals surface area contributed by atoms with Gasteiger partial charge in [-0.3, -0.25) is 0 Å². The SMILES string of the molecule is CCN(CC)C(C)C(CO)(CO)CO. The smallest absolute Gasteiger partial charge is 0.0549 e. The zero-order valence-electron chi connectivity index (χ0n) is 9.40. The topological polar surface area (TPSA) is 63.9 Å². The second-order valence-corrected chi connectivity index (χ2v) is 3.73. The molecule has 0 heterocycles. The lowest BCUT2D eigenvalue weighted by molar-refractivity contribution is -0.0524. The van der Waals surface area contributed by atoms with E-state index in [9.17, 15) is 15.3 Å². The summed E-state index contributed by atoms with van der Waals surface area (Å²) in [5, 5.41) is 27.7. The van der Waals surface area contributed by atoms with Crippen LogP contribution in [0, 0.1) is 5.41 Å². The lowest BCUT2D eigenvalue weighted by Gasteiger charge is -2.40. The van der Waals surface area contributed by atoms with E-state index < -0.39 is 5.41 Å². The lowest BCUT2D eigenvalue weighted by atomic mass is 9.82. The van der Waals surface area contributed by atoms with E-state index in [0.29, 0.717) is 0 Å². The fraction of sp³-hybridized carbons (Fsp3) is 1.00. The van der Waals surface area contributed by atoms with Crippen molar-refractivity contribution in [3.05, 3.63) is 0 Å². The van der Waals surface area contributed by atoms with Gasteiger partial charge in [0.15, 0.2) is 0 Å². The third-order valence-electron chi connectivity index (χ3n) is 3.19. The highest BCUT2D eigenvalue weighted by Crippen LogP contribution is 2.24. The molecule has 0 saturated heterocycles. The summed E-state index contributed by atoms with van der Waals surface area (Å²) in [5.41, 5.74) is -0.800. The summed E-state index contributed by atoms with van der Waals surface area (Å²) in [7, 11) is 0. The van der Waals surface area contributed by atoms with Gasteiger partial charge < -0.3 is 20.2 Å². The molecule has 0 amide bonds. The van der Waals surface area contributed by atoms with Crippen molar-refractivity contribution in [3.63, 3.8) is 0 Å². The van der Waals surface area contributed by atoms with E-state index in [-0.39, 0.29) is 25.9 Å². The van der Waals surface area contributed by atoms with Crippen LogP contribution < -0.4 is 0 Å². The van der Waals surface area contributed by atoms with E-state index in [1.54, 1.807) is 0 Å². The molecule has 1 unspecified atom stereocenters. The summed E-state index contributed by atoms with van der Waals surface area (Å²) < 4.78 is 0. The molecule has 0 radical (unpaired) electrons. The Hall–Kier alpha value is -0.160. The van der Waals surface area contributed by atoms with Gasteiger partial charge in [0.2, 0.25) is 0 Å². The predicted octanol–water partition coefficient (Wildman–Crippen LogP) is -0.320. The molecule has 0 saturated carbocycles. The third kappa shape index (κ3) is 2.67. The first-order chi connectivity index (χ1) is 6.61. The van der Waals surface area contributed by atoms with E-state index in [4.69, 9.17) is 0 Å². The first-order valence-electron chi connectivity index (χ1n) is 5.18. The molecule has 0 aliphatic rings. The van der Waals surface area contributed by atoms with Crippen molar-refractivity contribution in [3.8, 4) is 0 Å². The van der Waals surface area contributed by atoms with Crippen LogP contribution in [0.4, 0.5) is 0 Å². The first-order valence-corrected chi connectivity index (χ1v) is 5.18. The van der Waals surface area contributed by atoms with Gasteiger partial charge in [0, 0.05) is 6.04 Å². The molecule has 0 spiro atoms. The lowest BCUT2D eigenvalue weighted by Crippen LogP contribution is -2.52. The number of nitrogens with zero attached hydrogens (tertiary/aromatic N) is 1. The molecule has 4 heteroatoms. The van der Waals surface area contributed by atoms with Crippen LogP contribution in [0.1, 0.15) is 20.8 Å². The van der Waals surface area contributed by atoms with Crippen LogP contribution in [0.25, 0.3) is 0 Å². The second kappa shape index (κ2) is 6.35. The van der Waals surface area contributed by atoms with E-state index in [1.807, 2.05) is 20.8 Å². The highest BCUT2D eigenvalue weighted by atomic mass is 16.3. The molecule has 14 heavy (non-hydrogen) atoms. The molecule has 0 rings (SSSR count). The van der Waals surface area contributed by atoms with Crippen LogP contribution in [0.2, 0.25) is 0 Å². The van der Waals surface area contributed by atoms with Gasteiger partial charge in [0.1, 0.15) is 0 Å². The third-order valence-corrected chi connectivity index (χ3v) is 3.19. The van der Waals surface area contributed by atoms with E-state index in [1.165, 1.54) is 0 Å². The molecule has 0 fully saturated rings. The van der Waals surface area contributed by atoms with Crippen molar-refractivity contribution in [2.45, 2.75) is 26.8 Å². The minimum Gasteiger partial charge on any atom is -0.396 e. The monoisotopic (exact) mass is 205 g/mol.